The minimum Gasteiger partial charge on any atom is -0.490 e. The Morgan fingerprint density at radius 3 is 2.84 bits per heavy atom. The van der Waals surface area contributed by atoms with Crippen molar-refractivity contribution in [3.05, 3.63) is 29.8 Å². The molecule has 2 heteroatoms. The number of rotatable bonds is 3. The molecule has 2 saturated carbocycles. The normalized spacial score (nSPS) is 39.3. The van der Waals surface area contributed by atoms with E-state index in [1.54, 1.807) is 0 Å². The van der Waals surface area contributed by atoms with E-state index in [1.165, 1.54) is 31.2 Å². The van der Waals surface area contributed by atoms with Gasteiger partial charge in [0.05, 0.1) is 0 Å². The van der Waals surface area contributed by atoms with Crippen LogP contribution in [0.2, 0.25) is 0 Å². The standard InChI is InChI=1S/C17H21ClO/c18-11-17(9-12-5-6-14(17)7-12)10-15-8-13-3-1-2-4-16(13)19-15/h1-4,12,14-15H,5-11H2. The highest BCUT2D eigenvalue weighted by Crippen LogP contribution is 2.59. The Morgan fingerprint density at radius 2 is 2.16 bits per heavy atom. The van der Waals surface area contributed by atoms with Crippen LogP contribution in [0, 0.1) is 17.3 Å². The van der Waals surface area contributed by atoms with Gasteiger partial charge >= 0.3 is 0 Å². The zero-order valence-electron chi connectivity index (χ0n) is 11.3. The summed E-state index contributed by atoms with van der Waals surface area (Å²) < 4.78 is 6.14. The van der Waals surface area contributed by atoms with Crippen LogP contribution in [0.4, 0.5) is 0 Å². The SMILES string of the molecule is ClCC1(CC2Cc3ccccc3O2)CC2CCC1C2. The maximum atomic E-state index is 6.39. The van der Waals surface area contributed by atoms with Crippen molar-refractivity contribution in [2.45, 2.75) is 44.6 Å². The van der Waals surface area contributed by atoms with Crippen LogP contribution in [0.5, 0.6) is 5.75 Å². The highest BCUT2D eigenvalue weighted by molar-refractivity contribution is 6.18. The van der Waals surface area contributed by atoms with Crippen LogP contribution in [-0.4, -0.2) is 12.0 Å². The van der Waals surface area contributed by atoms with Crippen molar-refractivity contribution in [3.8, 4) is 5.75 Å². The van der Waals surface area contributed by atoms with Gasteiger partial charge in [-0.15, -0.1) is 11.6 Å². The van der Waals surface area contributed by atoms with E-state index in [0.717, 1.165) is 36.3 Å². The van der Waals surface area contributed by atoms with Crippen molar-refractivity contribution >= 4 is 11.6 Å². The minimum absolute atomic E-state index is 0.357. The monoisotopic (exact) mass is 276 g/mol. The smallest absolute Gasteiger partial charge is 0.123 e. The molecule has 102 valence electrons. The third-order valence-corrected chi connectivity index (χ3v) is 6.25. The van der Waals surface area contributed by atoms with Crippen molar-refractivity contribution < 1.29 is 4.74 Å². The Kier molecular flexibility index (Phi) is 2.80. The summed E-state index contributed by atoms with van der Waals surface area (Å²) >= 11 is 6.39. The van der Waals surface area contributed by atoms with Crippen molar-refractivity contribution in [1.29, 1.82) is 0 Å². The van der Waals surface area contributed by atoms with Gasteiger partial charge < -0.3 is 4.74 Å². The molecular weight excluding hydrogens is 256 g/mol. The fraction of sp³-hybridized carbons (Fsp3) is 0.647. The van der Waals surface area contributed by atoms with Crippen LogP contribution < -0.4 is 4.74 Å². The summed E-state index contributed by atoms with van der Waals surface area (Å²) in [4.78, 5) is 0. The molecule has 0 spiro atoms. The van der Waals surface area contributed by atoms with Crippen molar-refractivity contribution in [1.82, 2.24) is 0 Å². The molecule has 2 aliphatic carbocycles. The van der Waals surface area contributed by atoms with Gasteiger partial charge in [0.25, 0.3) is 0 Å². The van der Waals surface area contributed by atoms with Crippen molar-refractivity contribution in [2.75, 3.05) is 5.88 Å². The summed E-state index contributed by atoms with van der Waals surface area (Å²) in [6, 6.07) is 8.47. The second-order valence-corrected chi connectivity index (χ2v) is 7.10. The van der Waals surface area contributed by atoms with E-state index in [1.807, 2.05) is 0 Å². The first kappa shape index (κ1) is 12.1. The van der Waals surface area contributed by atoms with Gasteiger partial charge in [0.15, 0.2) is 0 Å². The van der Waals surface area contributed by atoms with Crippen LogP contribution in [0.25, 0.3) is 0 Å². The van der Waals surface area contributed by atoms with Crippen LogP contribution in [-0.2, 0) is 6.42 Å². The van der Waals surface area contributed by atoms with E-state index in [2.05, 4.69) is 24.3 Å². The third kappa shape index (κ3) is 1.89. The number of hydrogen-bond acceptors (Lipinski definition) is 1. The van der Waals surface area contributed by atoms with E-state index in [4.69, 9.17) is 16.3 Å². The lowest BCUT2D eigenvalue weighted by atomic mass is 9.71. The van der Waals surface area contributed by atoms with Gasteiger partial charge in [-0.05, 0) is 54.6 Å². The Balaban J connectivity index is 1.51. The first-order valence-electron chi connectivity index (χ1n) is 7.60. The fourth-order valence-electron chi connectivity index (χ4n) is 4.85. The first-order valence-corrected chi connectivity index (χ1v) is 8.13. The summed E-state index contributed by atoms with van der Waals surface area (Å²) in [5.41, 5.74) is 1.75. The number of benzene rings is 1. The lowest BCUT2D eigenvalue weighted by Gasteiger charge is -2.37. The number of fused-ring (bicyclic) bond motifs is 3. The molecule has 3 aliphatic rings. The number of halogens is 1. The average molecular weight is 277 g/mol. The Hall–Kier alpha value is -0.690. The van der Waals surface area contributed by atoms with Crippen LogP contribution >= 0.6 is 11.6 Å². The Morgan fingerprint density at radius 1 is 1.26 bits per heavy atom. The molecule has 0 radical (unpaired) electrons. The number of para-hydroxylation sites is 1. The number of hydrogen-bond donors (Lipinski definition) is 0. The number of ether oxygens (including phenoxy) is 1. The molecule has 1 nitrogen and oxygen atoms in total. The zero-order chi connectivity index (χ0) is 12.9. The third-order valence-electron chi connectivity index (χ3n) is 5.72. The van der Waals surface area contributed by atoms with E-state index in [9.17, 15) is 0 Å². The zero-order valence-corrected chi connectivity index (χ0v) is 12.0. The molecule has 0 saturated heterocycles. The molecule has 0 aromatic heterocycles. The Bertz CT molecular complexity index is 461. The minimum atomic E-state index is 0.357. The molecule has 0 N–H and O–H groups in total. The molecule has 4 rings (SSSR count). The topological polar surface area (TPSA) is 9.23 Å². The van der Waals surface area contributed by atoms with Crippen LogP contribution in [0.1, 0.15) is 37.7 Å². The molecule has 4 unspecified atom stereocenters. The van der Waals surface area contributed by atoms with E-state index >= 15 is 0 Å². The van der Waals surface area contributed by atoms with Gasteiger partial charge in [0.1, 0.15) is 11.9 Å². The van der Waals surface area contributed by atoms with Gasteiger partial charge in [0.2, 0.25) is 0 Å². The fourth-order valence-corrected chi connectivity index (χ4v) is 5.28. The largest absolute Gasteiger partial charge is 0.490 e. The van der Waals surface area contributed by atoms with Crippen LogP contribution in [0.15, 0.2) is 24.3 Å². The lowest BCUT2D eigenvalue weighted by Crippen LogP contribution is -2.35. The van der Waals surface area contributed by atoms with Gasteiger partial charge in [-0.3, -0.25) is 0 Å². The highest BCUT2D eigenvalue weighted by Gasteiger charge is 2.51. The second-order valence-electron chi connectivity index (χ2n) is 6.83. The van der Waals surface area contributed by atoms with Gasteiger partial charge in [-0.1, -0.05) is 24.6 Å². The van der Waals surface area contributed by atoms with E-state index in [-0.39, 0.29) is 0 Å². The first-order chi connectivity index (χ1) is 9.29. The quantitative estimate of drug-likeness (QED) is 0.743. The number of alkyl halides is 1. The molecule has 4 atom stereocenters. The molecule has 2 fully saturated rings. The van der Waals surface area contributed by atoms with Gasteiger partial charge in [0, 0.05) is 12.3 Å². The highest BCUT2D eigenvalue weighted by atomic mass is 35.5. The molecule has 19 heavy (non-hydrogen) atoms. The van der Waals surface area contributed by atoms with E-state index in [0.29, 0.717) is 11.5 Å². The van der Waals surface area contributed by atoms with E-state index < -0.39 is 0 Å². The predicted octanol–water partition coefficient (Wildman–Crippen LogP) is 4.43. The molecule has 1 heterocycles. The molecular formula is C17H21ClO. The van der Waals surface area contributed by atoms with Crippen molar-refractivity contribution in [3.63, 3.8) is 0 Å². The summed E-state index contributed by atoms with van der Waals surface area (Å²) in [6.45, 7) is 0. The second kappa shape index (κ2) is 4.41. The summed E-state index contributed by atoms with van der Waals surface area (Å²) in [5, 5.41) is 0. The Labute approximate surface area is 120 Å². The average Bonchev–Trinajstić information content (AvgIpc) is 3.11. The lowest BCUT2D eigenvalue weighted by molar-refractivity contribution is 0.0998. The van der Waals surface area contributed by atoms with Gasteiger partial charge in [-0.25, -0.2) is 0 Å². The molecule has 2 bridgehead atoms. The predicted molar refractivity (Wildman–Crippen MR) is 77.8 cm³/mol. The maximum Gasteiger partial charge on any atom is 0.123 e. The molecule has 0 amide bonds. The summed E-state index contributed by atoms with van der Waals surface area (Å²) in [7, 11) is 0. The summed E-state index contributed by atoms with van der Waals surface area (Å²) in [5.74, 6) is 3.74. The van der Waals surface area contributed by atoms with Crippen molar-refractivity contribution in [2.24, 2.45) is 17.3 Å². The van der Waals surface area contributed by atoms with Gasteiger partial charge in [-0.2, -0.15) is 0 Å². The summed E-state index contributed by atoms with van der Waals surface area (Å²) in [6.07, 6.45) is 8.20. The molecule has 1 aliphatic heterocycles. The molecule has 1 aromatic rings. The molecule has 1 aromatic carbocycles. The van der Waals surface area contributed by atoms with Crippen LogP contribution in [0.3, 0.4) is 0 Å². The maximum absolute atomic E-state index is 6.39.